The van der Waals surface area contributed by atoms with Crippen LogP contribution in [0.5, 0.6) is 0 Å². The lowest BCUT2D eigenvalue weighted by Crippen LogP contribution is -2.43. The average molecular weight is 399 g/mol. The summed E-state index contributed by atoms with van der Waals surface area (Å²) in [6.45, 7) is 4.64. The molecule has 3 N–H and O–H groups in total. The minimum Gasteiger partial charge on any atom is -0.479 e. The van der Waals surface area contributed by atoms with E-state index in [-0.39, 0.29) is 5.92 Å². The molecule has 0 bridgehead atoms. The second-order valence-electron chi connectivity index (χ2n) is 7.47. The predicted octanol–water partition coefficient (Wildman–Crippen LogP) is 2.75. The van der Waals surface area contributed by atoms with Gasteiger partial charge in [-0.05, 0) is 39.5 Å². The largest absolute Gasteiger partial charge is 0.479 e. The van der Waals surface area contributed by atoms with E-state index >= 15 is 0 Å². The van der Waals surface area contributed by atoms with Crippen LogP contribution < -0.4 is 5.32 Å². The fourth-order valence-electron chi connectivity index (χ4n) is 3.93. The van der Waals surface area contributed by atoms with Crippen LogP contribution in [0.3, 0.4) is 0 Å². The maximum atomic E-state index is 11.6. The molecule has 1 aliphatic rings. The molecule has 0 atom stereocenters. The number of rotatable bonds is 6. The highest BCUT2D eigenvalue weighted by Gasteiger charge is 2.43. The number of carboxylic acid groups (broad SMARTS) is 1. The van der Waals surface area contributed by atoms with Crippen LogP contribution in [0.4, 0.5) is 11.6 Å². The first-order valence-electron chi connectivity index (χ1n) is 9.77. The van der Waals surface area contributed by atoms with Crippen molar-refractivity contribution in [2.24, 2.45) is 0 Å². The zero-order valence-corrected chi connectivity index (χ0v) is 16.8. The van der Waals surface area contributed by atoms with Crippen LogP contribution >= 0.6 is 0 Å². The molecule has 0 unspecified atom stereocenters. The molecule has 3 aromatic heterocycles. The zero-order valence-electron chi connectivity index (χ0n) is 16.8. The van der Waals surface area contributed by atoms with Crippen LogP contribution in [0.1, 0.15) is 50.0 Å². The number of aromatic nitrogens is 6. The molecule has 0 spiro atoms. The minimum atomic E-state index is -1.11. The van der Waals surface area contributed by atoms with Crippen molar-refractivity contribution in [3.8, 4) is 0 Å². The van der Waals surface area contributed by atoms with Crippen molar-refractivity contribution in [3.63, 3.8) is 0 Å². The van der Waals surface area contributed by atoms with Crippen LogP contribution in [-0.2, 0) is 16.1 Å². The summed E-state index contributed by atoms with van der Waals surface area (Å²) >= 11 is 0. The number of H-pyrrole nitrogens is 1. The van der Waals surface area contributed by atoms with Crippen molar-refractivity contribution in [2.45, 2.75) is 57.6 Å². The summed E-state index contributed by atoms with van der Waals surface area (Å²) in [5, 5.41) is 25.2. The molecule has 1 saturated carbocycles. The van der Waals surface area contributed by atoms with Gasteiger partial charge in [-0.15, -0.1) is 0 Å². The quantitative estimate of drug-likeness (QED) is 0.577. The van der Waals surface area contributed by atoms with E-state index in [1.165, 1.54) is 7.11 Å². The first kappa shape index (κ1) is 19.3. The maximum Gasteiger partial charge on any atom is 0.335 e. The number of methoxy groups -OCH3 is 1. The highest BCUT2D eigenvalue weighted by molar-refractivity contribution is 5.88. The molecule has 0 amide bonds. The van der Waals surface area contributed by atoms with Crippen molar-refractivity contribution < 1.29 is 14.6 Å². The standard InChI is InChI=1S/C19H25N7O3/c1-4-26-17-13(10-20-26)16(21-14-9-11(2)24-25-14)22-15(23-17)12-5-7-19(29-3,8-6-12)18(27)28/h9-10,12H,4-8H2,1-3H3,(H,27,28)(H2,21,22,23,24,25). The molecule has 0 radical (unpaired) electrons. The van der Waals surface area contributed by atoms with Crippen LogP contribution in [0, 0.1) is 6.92 Å². The number of nitrogens with zero attached hydrogens (tertiary/aromatic N) is 5. The number of carboxylic acids is 1. The van der Waals surface area contributed by atoms with Gasteiger partial charge in [0.1, 0.15) is 11.6 Å². The van der Waals surface area contributed by atoms with Crippen molar-refractivity contribution in [3.05, 3.63) is 23.8 Å². The fraction of sp³-hybridized carbons (Fsp3) is 0.526. The zero-order chi connectivity index (χ0) is 20.6. The molecule has 0 aromatic carbocycles. The molecule has 3 aromatic rings. The van der Waals surface area contributed by atoms with Gasteiger partial charge in [-0.25, -0.2) is 19.4 Å². The molecule has 0 aliphatic heterocycles. The lowest BCUT2D eigenvalue weighted by molar-refractivity contribution is -0.166. The van der Waals surface area contributed by atoms with E-state index in [0.29, 0.717) is 49.7 Å². The van der Waals surface area contributed by atoms with Crippen molar-refractivity contribution in [2.75, 3.05) is 12.4 Å². The first-order valence-corrected chi connectivity index (χ1v) is 9.77. The van der Waals surface area contributed by atoms with Crippen LogP contribution in [0.25, 0.3) is 11.0 Å². The van der Waals surface area contributed by atoms with Gasteiger partial charge in [0.15, 0.2) is 17.1 Å². The number of anilines is 2. The average Bonchev–Trinajstić information content (AvgIpc) is 3.33. The number of aromatic amines is 1. The van der Waals surface area contributed by atoms with E-state index in [9.17, 15) is 9.90 Å². The number of aliphatic carboxylic acids is 1. The van der Waals surface area contributed by atoms with Crippen LogP contribution in [0.15, 0.2) is 12.3 Å². The summed E-state index contributed by atoms with van der Waals surface area (Å²) in [4.78, 5) is 21.2. The van der Waals surface area contributed by atoms with Gasteiger partial charge in [0, 0.05) is 31.3 Å². The van der Waals surface area contributed by atoms with Crippen LogP contribution in [0.2, 0.25) is 0 Å². The molecule has 10 heteroatoms. The molecular weight excluding hydrogens is 374 g/mol. The monoisotopic (exact) mass is 399 g/mol. The molecule has 1 fully saturated rings. The Kier molecular flexibility index (Phi) is 4.95. The third-order valence-corrected chi connectivity index (χ3v) is 5.70. The number of aryl methyl sites for hydroxylation is 2. The highest BCUT2D eigenvalue weighted by atomic mass is 16.5. The number of carbonyl (C=O) groups is 1. The van der Waals surface area contributed by atoms with Gasteiger partial charge in [0.2, 0.25) is 0 Å². The lowest BCUT2D eigenvalue weighted by Gasteiger charge is -2.35. The molecule has 3 heterocycles. The van der Waals surface area contributed by atoms with E-state index in [0.717, 1.165) is 16.7 Å². The molecule has 0 saturated heterocycles. The number of hydrogen-bond acceptors (Lipinski definition) is 7. The first-order chi connectivity index (χ1) is 14.0. The Bertz CT molecular complexity index is 1030. The molecule has 10 nitrogen and oxygen atoms in total. The topological polar surface area (TPSA) is 131 Å². The van der Waals surface area contributed by atoms with E-state index in [1.807, 2.05) is 24.6 Å². The second-order valence-corrected chi connectivity index (χ2v) is 7.47. The Morgan fingerprint density at radius 3 is 2.76 bits per heavy atom. The van der Waals surface area contributed by atoms with E-state index < -0.39 is 11.6 Å². The summed E-state index contributed by atoms with van der Waals surface area (Å²) in [6, 6.07) is 1.90. The summed E-state index contributed by atoms with van der Waals surface area (Å²) in [6.07, 6.45) is 3.91. The Labute approximate surface area is 167 Å². The third-order valence-electron chi connectivity index (χ3n) is 5.70. The highest BCUT2D eigenvalue weighted by Crippen LogP contribution is 2.40. The van der Waals surface area contributed by atoms with Gasteiger partial charge >= 0.3 is 5.97 Å². The fourth-order valence-corrected chi connectivity index (χ4v) is 3.93. The summed E-state index contributed by atoms with van der Waals surface area (Å²) in [5.41, 5.74) is 0.590. The van der Waals surface area contributed by atoms with Gasteiger partial charge < -0.3 is 15.2 Å². The predicted molar refractivity (Wildman–Crippen MR) is 106 cm³/mol. The number of hydrogen-bond donors (Lipinski definition) is 3. The van der Waals surface area contributed by atoms with Gasteiger partial charge in [-0.2, -0.15) is 10.2 Å². The summed E-state index contributed by atoms with van der Waals surface area (Å²) in [7, 11) is 1.46. The van der Waals surface area contributed by atoms with E-state index in [1.54, 1.807) is 6.20 Å². The normalized spacial score (nSPS) is 22.1. The van der Waals surface area contributed by atoms with Crippen molar-refractivity contribution in [1.82, 2.24) is 29.9 Å². The van der Waals surface area contributed by atoms with Gasteiger partial charge in [0.05, 0.1) is 11.6 Å². The van der Waals surface area contributed by atoms with Crippen LogP contribution in [-0.4, -0.2) is 53.7 Å². The van der Waals surface area contributed by atoms with E-state index in [4.69, 9.17) is 14.7 Å². The van der Waals surface area contributed by atoms with Crippen molar-refractivity contribution >= 4 is 28.6 Å². The third kappa shape index (κ3) is 3.44. The van der Waals surface area contributed by atoms with Crippen molar-refractivity contribution in [1.29, 1.82) is 0 Å². The Balaban J connectivity index is 1.68. The molecule has 4 rings (SSSR count). The smallest absolute Gasteiger partial charge is 0.335 e. The summed E-state index contributed by atoms with van der Waals surface area (Å²) < 4.78 is 7.18. The SMILES string of the molecule is CCn1ncc2c(Nc3cc(C)[nH]n3)nc(C3CCC(OC)(C(=O)O)CC3)nc21. The Hall–Kier alpha value is -3.01. The number of ether oxygens (including phenoxy) is 1. The summed E-state index contributed by atoms with van der Waals surface area (Å²) in [5.74, 6) is 1.17. The molecule has 154 valence electrons. The number of nitrogens with one attached hydrogen (secondary N) is 2. The second kappa shape index (κ2) is 7.43. The molecular formula is C19H25N7O3. The van der Waals surface area contributed by atoms with Gasteiger partial charge in [0.25, 0.3) is 0 Å². The lowest BCUT2D eigenvalue weighted by atomic mass is 9.78. The van der Waals surface area contributed by atoms with Gasteiger partial charge in [-0.1, -0.05) is 0 Å². The molecule has 1 aliphatic carbocycles. The minimum absolute atomic E-state index is 0.0590. The molecule has 29 heavy (non-hydrogen) atoms. The Morgan fingerprint density at radius 2 is 2.17 bits per heavy atom. The maximum absolute atomic E-state index is 11.6. The number of fused-ring (bicyclic) bond motifs is 1. The van der Waals surface area contributed by atoms with E-state index in [2.05, 4.69) is 20.6 Å². The Morgan fingerprint density at radius 1 is 1.41 bits per heavy atom. The van der Waals surface area contributed by atoms with Gasteiger partial charge in [-0.3, -0.25) is 5.10 Å².